The van der Waals surface area contributed by atoms with E-state index in [0.29, 0.717) is 6.54 Å². The van der Waals surface area contributed by atoms with Crippen LogP contribution in [0.1, 0.15) is 28.9 Å². The lowest BCUT2D eigenvalue weighted by Gasteiger charge is -2.25. The van der Waals surface area contributed by atoms with E-state index in [0.717, 1.165) is 22.4 Å². The van der Waals surface area contributed by atoms with Gasteiger partial charge in [0.15, 0.2) is 5.78 Å². The number of ketones is 1. The molecule has 2 nitrogen and oxygen atoms in total. The fourth-order valence-corrected chi connectivity index (χ4v) is 3.41. The summed E-state index contributed by atoms with van der Waals surface area (Å²) in [5.74, 6) is 0.249. The van der Waals surface area contributed by atoms with E-state index in [-0.39, 0.29) is 5.78 Å². The molecule has 1 aliphatic rings. The van der Waals surface area contributed by atoms with E-state index in [1.54, 1.807) is 0 Å². The number of halogens is 1. The van der Waals surface area contributed by atoms with Crippen molar-refractivity contribution in [2.75, 3.05) is 19.6 Å². The van der Waals surface area contributed by atoms with Crippen molar-refractivity contribution in [1.29, 1.82) is 0 Å². The highest BCUT2D eigenvalue weighted by molar-refractivity contribution is 9.10. The Morgan fingerprint density at radius 3 is 2.73 bits per heavy atom. The summed E-state index contributed by atoms with van der Waals surface area (Å²) in [5.41, 5.74) is 0. The minimum Gasteiger partial charge on any atom is -0.296 e. The number of hydrogen-bond acceptors (Lipinski definition) is 3. The highest BCUT2D eigenvalue weighted by atomic mass is 79.9. The van der Waals surface area contributed by atoms with Gasteiger partial charge in [0.05, 0.1) is 11.4 Å². The first-order valence-electron chi connectivity index (χ1n) is 5.26. The Morgan fingerprint density at radius 1 is 1.40 bits per heavy atom. The fraction of sp³-hybridized carbons (Fsp3) is 0.545. The Bertz CT molecular complexity index is 344. The van der Waals surface area contributed by atoms with Gasteiger partial charge in [0.1, 0.15) is 0 Å². The maximum absolute atomic E-state index is 11.9. The lowest BCUT2D eigenvalue weighted by atomic mass is 10.1. The van der Waals surface area contributed by atoms with Crippen LogP contribution in [0, 0.1) is 0 Å². The van der Waals surface area contributed by atoms with Gasteiger partial charge in [-0.15, -0.1) is 11.3 Å². The number of carbonyl (C=O) groups excluding carboxylic acids is 1. The molecule has 4 heteroatoms. The summed E-state index contributed by atoms with van der Waals surface area (Å²) in [7, 11) is 0. The largest absolute Gasteiger partial charge is 0.296 e. The van der Waals surface area contributed by atoms with Gasteiger partial charge in [0.2, 0.25) is 0 Å². The number of rotatable bonds is 3. The maximum atomic E-state index is 11.9. The van der Waals surface area contributed by atoms with E-state index in [1.165, 1.54) is 30.6 Å². The zero-order valence-electron chi connectivity index (χ0n) is 8.54. The van der Waals surface area contributed by atoms with Crippen molar-refractivity contribution in [2.45, 2.75) is 19.3 Å². The molecule has 2 heterocycles. The fourth-order valence-electron chi connectivity index (χ4n) is 1.89. The summed E-state index contributed by atoms with van der Waals surface area (Å²) in [6.07, 6.45) is 3.78. The zero-order chi connectivity index (χ0) is 10.7. The molecule has 1 saturated heterocycles. The lowest BCUT2D eigenvalue weighted by molar-refractivity contribution is 0.0919. The number of piperidine rings is 1. The van der Waals surface area contributed by atoms with Crippen LogP contribution in [0.15, 0.2) is 15.9 Å². The quantitative estimate of drug-likeness (QED) is 0.796. The van der Waals surface area contributed by atoms with Crippen molar-refractivity contribution in [2.24, 2.45) is 0 Å². The van der Waals surface area contributed by atoms with Crippen LogP contribution < -0.4 is 0 Å². The van der Waals surface area contributed by atoms with E-state index >= 15 is 0 Å². The van der Waals surface area contributed by atoms with Gasteiger partial charge < -0.3 is 0 Å². The summed E-state index contributed by atoms with van der Waals surface area (Å²) in [5, 5.41) is 1.95. The standard InChI is InChI=1S/C11H14BrNOS/c12-9-4-7-15-11(9)10(14)8-13-5-2-1-3-6-13/h4,7H,1-3,5-6,8H2. The minimum atomic E-state index is 0.249. The molecule has 2 rings (SSSR count). The Morgan fingerprint density at radius 2 is 2.13 bits per heavy atom. The molecule has 0 amide bonds. The molecule has 0 aromatic carbocycles. The van der Waals surface area contributed by atoms with Gasteiger partial charge in [0.25, 0.3) is 0 Å². The van der Waals surface area contributed by atoms with Crippen molar-refractivity contribution >= 4 is 33.0 Å². The van der Waals surface area contributed by atoms with Crippen molar-refractivity contribution in [3.63, 3.8) is 0 Å². The molecule has 1 aromatic rings. The first kappa shape index (κ1) is 11.3. The van der Waals surface area contributed by atoms with Gasteiger partial charge in [-0.1, -0.05) is 6.42 Å². The maximum Gasteiger partial charge on any atom is 0.187 e. The van der Waals surface area contributed by atoms with Crippen LogP contribution in [-0.4, -0.2) is 30.3 Å². The lowest BCUT2D eigenvalue weighted by Crippen LogP contribution is -2.34. The van der Waals surface area contributed by atoms with Crippen LogP contribution in [0.2, 0.25) is 0 Å². The summed E-state index contributed by atoms with van der Waals surface area (Å²) in [6, 6.07) is 1.94. The predicted octanol–water partition coefficient (Wildman–Crippen LogP) is 3.18. The normalized spacial score (nSPS) is 17.9. The summed E-state index contributed by atoms with van der Waals surface area (Å²) >= 11 is 4.93. The third-order valence-corrected chi connectivity index (χ3v) is 4.57. The third-order valence-electron chi connectivity index (χ3n) is 2.69. The van der Waals surface area contributed by atoms with Crippen LogP contribution in [0.5, 0.6) is 0 Å². The molecule has 1 aromatic heterocycles. The van der Waals surface area contributed by atoms with Crippen LogP contribution >= 0.6 is 27.3 Å². The molecule has 0 bridgehead atoms. The van der Waals surface area contributed by atoms with Crippen LogP contribution in [0.4, 0.5) is 0 Å². The van der Waals surface area contributed by atoms with Crippen LogP contribution in [0.25, 0.3) is 0 Å². The number of Topliss-reactive ketones (excluding diaryl/α,β-unsaturated/α-hetero) is 1. The SMILES string of the molecule is O=C(CN1CCCCC1)c1sccc1Br. The molecule has 0 atom stereocenters. The molecule has 0 unspecified atom stereocenters. The Labute approximate surface area is 102 Å². The molecule has 0 aliphatic carbocycles. The molecular weight excluding hydrogens is 274 g/mol. The number of hydrogen-bond donors (Lipinski definition) is 0. The number of carbonyl (C=O) groups is 1. The summed E-state index contributed by atoms with van der Waals surface area (Å²) in [4.78, 5) is 15.1. The van der Waals surface area contributed by atoms with Gasteiger partial charge in [0, 0.05) is 4.47 Å². The van der Waals surface area contributed by atoms with E-state index in [2.05, 4.69) is 20.8 Å². The molecule has 0 radical (unpaired) electrons. The highest BCUT2D eigenvalue weighted by Gasteiger charge is 2.17. The molecular formula is C11H14BrNOS. The molecule has 0 spiro atoms. The molecule has 0 saturated carbocycles. The number of nitrogens with zero attached hydrogens (tertiary/aromatic N) is 1. The molecule has 15 heavy (non-hydrogen) atoms. The topological polar surface area (TPSA) is 20.3 Å². The Hall–Kier alpha value is -0.190. The summed E-state index contributed by atoms with van der Waals surface area (Å²) < 4.78 is 0.939. The average molecular weight is 288 g/mol. The second kappa shape index (κ2) is 5.23. The second-order valence-electron chi connectivity index (χ2n) is 3.86. The van der Waals surface area contributed by atoms with Crippen molar-refractivity contribution in [1.82, 2.24) is 4.90 Å². The monoisotopic (exact) mass is 287 g/mol. The van der Waals surface area contributed by atoms with E-state index in [9.17, 15) is 4.79 Å². The molecule has 1 fully saturated rings. The molecule has 82 valence electrons. The molecule has 0 N–H and O–H groups in total. The van der Waals surface area contributed by atoms with Crippen molar-refractivity contribution in [3.8, 4) is 0 Å². The van der Waals surface area contributed by atoms with Gasteiger partial charge in [-0.2, -0.15) is 0 Å². The van der Waals surface area contributed by atoms with E-state index < -0.39 is 0 Å². The van der Waals surface area contributed by atoms with Gasteiger partial charge in [-0.05, 0) is 53.3 Å². The Kier molecular flexibility index (Phi) is 3.94. The Balaban J connectivity index is 1.94. The summed E-state index contributed by atoms with van der Waals surface area (Å²) in [6.45, 7) is 2.74. The van der Waals surface area contributed by atoms with Crippen molar-refractivity contribution in [3.05, 3.63) is 20.8 Å². The minimum absolute atomic E-state index is 0.249. The first-order chi connectivity index (χ1) is 7.27. The van der Waals surface area contributed by atoms with Crippen LogP contribution in [0.3, 0.4) is 0 Å². The van der Waals surface area contributed by atoms with E-state index in [1.807, 2.05) is 11.4 Å². The second-order valence-corrected chi connectivity index (χ2v) is 5.63. The zero-order valence-corrected chi connectivity index (χ0v) is 10.9. The predicted molar refractivity (Wildman–Crippen MR) is 66.6 cm³/mol. The smallest absolute Gasteiger partial charge is 0.187 e. The van der Waals surface area contributed by atoms with Crippen molar-refractivity contribution < 1.29 is 4.79 Å². The third kappa shape index (κ3) is 2.89. The van der Waals surface area contributed by atoms with E-state index in [4.69, 9.17) is 0 Å². The highest BCUT2D eigenvalue weighted by Crippen LogP contribution is 2.23. The number of likely N-dealkylation sites (tertiary alicyclic amines) is 1. The number of thiophene rings is 1. The first-order valence-corrected chi connectivity index (χ1v) is 6.93. The van der Waals surface area contributed by atoms with Crippen LogP contribution in [-0.2, 0) is 0 Å². The average Bonchev–Trinajstić information content (AvgIpc) is 2.66. The molecule has 1 aliphatic heterocycles. The van der Waals surface area contributed by atoms with Gasteiger partial charge in [-0.25, -0.2) is 0 Å². The van der Waals surface area contributed by atoms with Gasteiger partial charge in [-0.3, -0.25) is 9.69 Å². The van der Waals surface area contributed by atoms with Gasteiger partial charge >= 0.3 is 0 Å².